The van der Waals surface area contributed by atoms with Gasteiger partial charge in [0.15, 0.2) is 0 Å². The van der Waals surface area contributed by atoms with Gasteiger partial charge in [-0.3, -0.25) is 4.79 Å². The van der Waals surface area contributed by atoms with Gasteiger partial charge >= 0.3 is 0 Å². The smallest absolute Gasteiger partial charge is 0.224 e. The molecule has 0 rings (SSSR count). The SMILES string of the molecule is CC(C)OC(C)NC(=O)C(C)C. The third-order valence-electron chi connectivity index (χ3n) is 1.35. The van der Waals surface area contributed by atoms with Crippen LogP contribution in [0.2, 0.25) is 0 Å². The molecule has 1 N–H and O–H groups in total. The average Bonchev–Trinajstić information content (AvgIpc) is 1.84. The molecule has 12 heavy (non-hydrogen) atoms. The quantitative estimate of drug-likeness (QED) is 0.655. The van der Waals surface area contributed by atoms with E-state index < -0.39 is 0 Å². The number of carbonyl (C=O) groups excluding carboxylic acids is 1. The average molecular weight is 173 g/mol. The lowest BCUT2D eigenvalue weighted by atomic mass is 10.2. The highest BCUT2D eigenvalue weighted by Gasteiger charge is 2.11. The molecule has 0 aromatic carbocycles. The normalized spacial score (nSPS) is 13.6. The van der Waals surface area contributed by atoms with Gasteiger partial charge in [-0.15, -0.1) is 0 Å². The van der Waals surface area contributed by atoms with Crippen molar-refractivity contribution in [3.8, 4) is 0 Å². The van der Waals surface area contributed by atoms with Crippen LogP contribution in [0, 0.1) is 5.92 Å². The number of rotatable bonds is 4. The maximum Gasteiger partial charge on any atom is 0.224 e. The number of hydrogen-bond donors (Lipinski definition) is 1. The predicted octanol–water partition coefficient (Wildman–Crippen LogP) is 1.53. The van der Waals surface area contributed by atoms with Crippen LogP contribution in [0.4, 0.5) is 0 Å². The van der Waals surface area contributed by atoms with Gasteiger partial charge in [0.25, 0.3) is 0 Å². The highest BCUT2D eigenvalue weighted by molar-refractivity contribution is 5.77. The maximum absolute atomic E-state index is 11.1. The van der Waals surface area contributed by atoms with Crippen LogP contribution in [0.5, 0.6) is 0 Å². The van der Waals surface area contributed by atoms with Crippen molar-refractivity contribution < 1.29 is 9.53 Å². The third-order valence-corrected chi connectivity index (χ3v) is 1.35. The van der Waals surface area contributed by atoms with Gasteiger partial charge in [-0.1, -0.05) is 13.8 Å². The van der Waals surface area contributed by atoms with Crippen molar-refractivity contribution >= 4 is 5.91 Å². The number of carbonyl (C=O) groups is 1. The molecule has 3 nitrogen and oxygen atoms in total. The lowest BCUT2D eigenvalue weighted by Crippen LogP contribution is -2.38. The molecule has 0 aromatic rings. The zero-order valence-electron chi connectivity index (χ0n) is 8.55. The molecule has 0 aliphatic carbocycles. The Labute approximate surface area is 74.5 Å². The van der Waals surface area contributed by atoms with E-state index in [1.54, 1.807) is 0 Å². The summed E-state index contributed by atoms with van der Waals surface area (Å²) >= 11 is 0. The number of nitrogens with one attached hydrogen (secondary N) is 1. The first-order valence-corrected chi connectivity index (χ1v) is 4.39. The van der Waals surface area contributed by atoms with Crippen LogP contribution in [-0.2, 0) is 9.53 Å². The Kier molecular flexibility index (Phi) is 4.90. The van der Waals surface area contributed by atoms with Crippen molar-refractivity contribution in [2.75, 3.05) is 0 Å². The lowest BCUT2D eigenvalue weighted by Gasteiger charge is -2.18. The van der Waals surface area contributed by atoms with E-state index in [4.69, 9.17) is 4.74 Å². The Hall–Kier alpha value is -0.570. The second-order valence-electron chi connectivity index (χ2n) is 3.49. The minimum absolute atomic E-state index is 0.0169. The van der Waals surface area contributed by atoms with Gasteiger partial charge in [-0.05, 0) is 20.8 Å². The van der Waals surface area contributed by atoms with E-state index in [1.165, 1.54) is 0 Å². The zero-order valence-corrected chi connectivity index (χ0v) is 8.55. The molecule has 0 aromatic heterocycles. The van der Waals surface area contributed by atoms with Crippen LogP contribution in [0.3, 0.4) is 0 Å². The molecule has 1 atom stereocenters. The fourth-order valence-electron chi connectivity index (χ4n) is 0.809. The molecule has 0 saturated heterocycles. The van der Waals surface area contributed by atoms with Crippen molar-refractivity contribution in [2.45, 2.75) is 47.0 Å². The van der Waals surface area contributed by atoms with Crippen molar-refractivity contribution in [3.63, 3.8) is 0 Å². The second-order valence-corrected chi connectivity index (χ2v) is 3.49. The fourth-order valence-corrected chi connectivity index (χ4v) is 0.809. The first kappa shape index (κ1) is 11.4. The highest BCUT2D eigenvalue weighted by atomic mass is 16.5. The summed E-state index contributed by atoms with van der Waals surface area (Å²) < 4.78 is 5.34. The first-order chi connectivity index (χ1) is 5.43. The van der Waals surface area contributed by atoms with Crippen LogP contribution >= 0.6 is 0 Å². The van der Waals surface area contributed by atoms with Crippen molar-refractivity contribution in [1.82, 2.24) is 5.32 Å². The van der Waals surface area contributed by atoms with Gasteiger partial charge in [-0.25, -0.2) is 0 Å². The van der Waals surface area contributed by atoms with Crippen LogP contribution in [-0.4, -0.2) is 18.2 Å². The van der Waals surface area contributed by atoms with Crippen molar-refractivity contribution in [1.29, 1.82) is 0 Å². The molecule has 0 heterocycles. The molecule has 0 saturated carbocycles. The molecule has 1 unspecified atom stereocenters. The van der Waals surface area contributed by atoms with E-state index in [1.807, 2.05) is 34.6 Å². The molecule has 0 aliphatic rings. The Bertz CT molecular complexity index is 143. The Balaban J connectivity index is 3.69. The molecule has 72 valence electrons. The largest absolute Gasteiger partial charge is 0.356 e. The van der Waals surface area contributed by atoms with E-state index in [0.29, 0.717) is 0 Å². The van der Waals surface area contributed by atoms with Crippen molar-refractivity contribution in [2.24, 2.45) is 5.92 Å². The minimum Gasteiger partial charge on any atom is -0.356 e. The number of hydrogen-bond acceptors (Lipinski definition) is 2. The first-order valence-electron chi connectivity index (χ1n) is 4.39. The summed E-state index contributed by atoms with van der Waals surface area (Å²) in [6, 6.07) is 0. The summed E-state index contributed by atoms with van der Waals surface area (Å²) in [4.78, 5) is 11.1. The topological polar surface area (TPSA) is 38.3 Å². The van der Waals surface area contributed by atoms with E-state index in [-0.39, 0.29) is 24.2 Å². The fraction of sp³-hybridized carbons (Fsp3) is 0.889. The standard InChI is InChI=1S/C9H19NO2/c1-6(2)9(11)10-8(5)12-7(3)4/h6-8H,1-5H3,(H,10,11). The third kappa shape index (κ3) is 5.13. The summed E-state index contributed by atoms with van der Waals surface area (Å²) in [6.45, 7) is 9.44. The van der Waals surface area contributed by atoms with Gasteiger partial charge in [0.1, 0.15) is 6.23 Å². The summed E-state index contributed by atoms with van der Waals surface area (Å²) in [5, 5.41) is 2.75. The van der Waals surface area contributed by atoms with Gasteiger partial charge in [0.05, 0.1) is 6.10 Å². The van der Waals surface area contributed by atoms with Gasteiger partial charge in [0.2, 0.25) is 5.91 Å². The Morgan fingerprint density at radius 2 is 1.67 bits per heavy atom. The lowest BCUT2D eigenvalue weighted by molar-refractivity contribution is -0.129. The molecule has 0 aliphatic heterocycles. The summed E-state index contributed by atoms with van der Waals surface area (Å²) in [5.41, 5.74) is 0. The van der Waals surface area contributed by atoms with Crippen LogP contribution < -0.4 is 5.32 Å². The highest BCUT2D eigenvalue weighted by Crippen LogP contribution is 1.96. The van der Waals surface area contributed by atoms with Gasteiger partial charge < -0.3 is 10.1 Å². The van der Waals surface area contributed by atoms with Gasteiger partial charge in [-0.2, -0.15) is 0 Å². The molecule has 0 radical (unpaired) electrons. The van der Waals surface area contributed by atoms with Crippen LogP contribution in [0.1, 0.15) is 34.6 Å². The maximum atomic E-state index is 11.1. The number of amides is 1. The molecular weight excluding hydrogens is 154 g/mol. The van der Waals surface area contributed by atoms with Crippen LogP contribution in [0.15, 0.2) is 0 Å². The molecule has 1 amide bonds. The van der Waals surface area contributed by atoms with E-state index in [9.17, 15) is 4.79 Å². The monoisotopic (exact) mass is 173 g/mol. The van der Waals surface area contributed by atoms with Gasteiger partial charge in [0, 0.05) is 5.92 Å². The zero-order chi connectivity index (χ0) is 9.72. The van der Waals surface area contributed by atoms with Crippen molar-refractivity contribution in [3.05, 3.63) is 0 Å². The van der Waals surface area contributed by atoms with E-state index >= 15 is 0 Å². The molecule has 0 bridgehead atoms. The molecule has 3 heteroatoms. The summed E-state index contributed by atoms with van der Waals surface area (Å²) in [6.07, 6.45) is -0.0487. The number of ether oxygens (including phenoxy) is 1. The Morgan fingerprint density at radius 1 is 1.17 bits per heavy atom. The second kappa shape index (κ2) is 5.14. The van der Waals surface area contributed by atoms with E-state index in [0.717, 1.165) is 0 Å². The van der Waals surface area contributed by atoms with E-state index in [2.05, 4.69) is 5.32 Å². The summed E-state index contributed by atoms with van der Waals surface area (Å²) in [5.74, 6) is 0.0476. The Morgan fingerprint density at radius 3 is 2.00 bits per heavy atom. The summed E-state index contributed by atoms with van der Waals surface area (Å²) in [7, 11) is 0. The van der Waals surface area contributed by atoms with Crippen LogP contribution in [0.25, 0.3) is 0 Å². The molecule has 0 spiro atoms. The molecular formula is C9H19NO2. The predicted molar refractivity (Wildman–Crippen MR) is 48.7 cm³/mol. The molecule has 0 fully saturated rings. The minimum atomic E-state index is -0.195.